The van der Waals surface area contributed by atoms with E-state index < -0.39 is 11.3 Å². The van der Waals surface area contributed by atoms with E-state index in [0.717, 1.165) is 4.74 Å². The van der Waals surface area contributed by atoms with E-state index in [-0.39, 0.29) is 17.0 Å². The second-order valence-electron chi connectivity index (χ2n) is 5.00. The Morgan fingerprint density at radius 1 is 1.47 bits per heavy atom. The fourth-order valence-corrected chi connectivity index (χ4v) is 2.77. The zero-order valence-electron chi connectivity index (χ0n) is 9.34. The van der Waals surface area contributed by atoms with Gasteiger partial charge in [-0.05, 0) is 4.90 Å². The van der Waals surface area contributed by atoms with Crippen LogP contribution < -0.4 is 10.6 Å². The summed E-state index contributed by atoms with van der Waals surface area (Å²) in [5.74, 6) is 0. The lowest BCUT2D eigenvalue weighted by molar-refractivity contribution is -0.808. The van der Waals surface area contributed by atoms with Crippen molar-refractivity contribution in [1.29, 1.82) is 0 Å². The van der Waals surface area contributed by atoms with Crippen LogP contribution in [-0.2, 0) is 12.0 Å². The molecule has 92 valence electrons. The lowest BCUT2D eigenvalue weighted by Crippen LogP contribution is -2.74. The van der Waals surface area contributed by atoms with Crippen LogP contribution in [0.2, 0.25) is 0 Å². The SMILES string of the molecule is C[C@@]1([NH3+])C[C@]2(O)C(=[N+]1[O-])CCc1c2no[n+]1[O-]. The quantitative estimate of drug-likeness (QED) is 0.392. The Morgan fingerprint density at radius 2 is 2.18 bits per heavy atom. The molecule has 0 saturated heterocycles. The normalized spacial score (nSPS) is 35.9. The standard InChI is InChI=1S/C9H12N4O4/c1-8(10)4-9(14)6(12(8)15)3-2-5-7(9)11-17-13(5)16/h14H,2-4,10H2,1H3/p+1/t8-,9-/m0/s1. The van der Waals surface area contributed by atoms with Gasteiger partial charge in [0.1, 0.15) is 6.42 Å². The predicted molar refractivity (Wildman–Crippen MR) is 52.2 cm³/mol. The molecule has 2 aliphatic rings. The van der Waals surface area contributed by atoms with Crippen molar-refractivity contribution in [1.82, 2.24) is 5.16 Å². The Labute approximate surface area is 96.1 Å². The summed E-state index contributed by atoms with van der Waals surface area (Å²) in [6.45, 7) is 1.65. The Morgan fingerprint density at radius 3 is 2.88 bits per heavy atom. The second-order valence-corrected chi connectivity index (χ2v) is 5.00. The largest absolute Gasteiger partial charge is 0.619 e. The van der Waals surface area contributed by atoms with E-state index in [2.05, 4.69) is 15.5 Å². The van der Waals surface area contributed by atoms with Gasteiger partial charge in [-0.2, -0.15) is 4.74 Å². The van der Waals surface area contributed by atoms with E-state index in [1.165, 1.54) is 0 Å². The minimum atomic E-state index is -1.51. The number of aromatic nitrogens is 2. The molecule has 8 nitrogen and oxygen atoms in total. The molecule has 0 bridgehead atoms. The zero-order valence-corrected chi connectivity index (χ0v) is 9.34. The van der Waals surface area contributed by atoms with Gasteiger partial charge >= 0.3 is 0 Å². The molecule has 1 aliphatic heterocycles. The molecule has 17 heavy (non-hydrogen) atoms. The third-order valence-corrected chi connectivity index (χ3v) is 3.54. The lowest BCUT2D eigenvalue weighted by atomic mass is 9.81. The van der Waals surface area contributed by atoms with Crippen LogP contribution in [0.25, 0.3) is 0 Å². The number of hydroxylamine groups is 1. The Bertz CT molecular complexity index is 535. The van der Waals surface area contributed by atoms with Gasteiger partial charge in [0.2, 0.25) is 17.0 Å². The van der Waals surface area contributed by atoms with Crippen LogP contribution in [0.4, 0.5) is 0 Å². The maximum Gasteiger partial charge on any atom is 0.294 e. The van der Waals surface area contributed by atoms with Gasteiger partial charge in [0.25, 0.3) is 11.4 Å². The molecule has 0 saturated carbocycles. The van der Waals surface area contributed by atoms with Gasteiger partial charge < -0.3 is 15.5 Å². The molecular weight excluding hydrogens is 228 g/mol. The number of fused-ring (bicyclic) bond motifs is 3. The van der Waals surface area contributed by atoms with Gasteiger partial charge in [-0.3, -0.25) is 10.4 Å². The zero-order chi connectivity index (χ0) is 12.4. The van der Waals surface area contributed by atoms with Gasteiger partial charge in [0.15, 0.2) is 0 Å². The van der Waals surface area contributed by atoms with Crippen molar-refractivity contribution in [2.24, 2.45) is 0 Å². The first-order valence-corrected chi connectivity index (χ1v) is 5.37. The Balaban J connectivity index is 2.22. The molecule has 8 heteroatoms. The molecule has 0 fully saturated rings. The highest BCUT2D eigenvalue weighted by atomic mass is 16.8. The van der Waals surface area contributed by atoms with Gasteiger partial charge in [0, 0.05) is 18.0 Å². The van der Waals surface area contributed by atoms with Crippen molar-refractivity contribution in [3.8, 4) is 0 Å². The summed E-state index contributed by atoms with van der Waals surface area (Å²) in [5, 5.41) is 37.5. The molecule has 4 N–H and O–H groups in total. The third kappa shape index (κ3) is 1.11. The molecular formula is C9H13N4O4+. The van der Waals surface area contributed by atoms with Crippen LogP contribution in [0.3, 0.4) is 0 Å². The van der Waals surface area contributed by atoms with Crippen molar-refractivity contribution < 1.29 is 25.1 Å². The van der Waals surface area contributed by atoms with Gasteiger partial charge in [-0.1, -0.05) is 0 Å². The number of nitrogens with zero attached hydrogens (tertiary/aromatic N) is 3. The topological polar surface area (TPSA) is 127 Å². The average Bonchev–Trinajstić information content (AvgIpc) is 2.67. The molecule has 0 radical (unpaired) electrons. The van der Waals surface area contributed by atoms with Crippen LogP contribution in [0.15, 0.2) is 4.63 Å². The summed E-state index contributed by atoms with van der Waals surface area (Å²) in [6.07, 6.45) is 0.773. The highest BCUT2D eigenvalue weighted by molar-refractivity contribution is 5.91. The van der Waals surface area contributed by atoms with Crippen LogP contribution in [-0.4, -0.2) is 26.4 Å². The molecule has 0 unspecified atom stereocenters. The Hall–Kier alpha value is -1.67. The van der Waals surface area contributed by atoms with Crippen molar-refractivity contribution in [2.75, 3.05) is 0 Å². The first-order chi connectivity index (χ1) is 7.86. The van der Waals surface area contributed by atoms with Crippen molar-refractivity contribution in [3.63, 3.8) is 0 Å². The average molecular weight is 241 g/mol. The van der Waals surface area contributed by atoms with Gasteiger partial charge in [-0.25, -0.2) is 0 Å². The molecule has 0 aromatic carbocycles. The summed E-state index contributed by atoms with van der Waals surface area (Å²) >= 11 is 0. The number of aliphatic hydroxyl groups is 1. The molecule has 3 rings (SSSR count). The smallest absolute Gasteiger partial charge is 0.294 e. The van der Waals surface area contributed by atoms with Crippen LogP contribution in [0.5, 0.6) is 0 Å². The molecule has 0 amide bonds. The van der Waals surface area contributed by atoms with Crippen LogP contribution in [0.1, 0.15) is 31.2 Å². The van der Waals surface area contributed by atoms with Gasteiger partial charge in [-0.15, -0.1) is 0 Å². The monoisotopic (exact) mass is 241 g/mol. The minimum Gasteiger partial charge on any atom is -0.619 e. The summed E-state index contributed by atoms with van der Waals surface area (Å²) in [6, 6.07) is 0. The highest BCUT2D eigenvalue weighted by Crippen LogP contribution is 2.40. The minimum absolute atomic E-state index is 0.109. The summed E-state index contributed by atoms with van der Waals surface area (Å²) in [7, 11) is 0. The lowest BCUT2D eigenvalue weighted by Gasteiger charge is -2.19. The first-order valence-electron chi connectivity index (χ1n) is 5.37. The van der Waals surface area contributed by atoms with E-state index in [0.29, 0.717) is 24.2 Å². The first kappa shape index (κ1) is 10.5. The fraction of sp³-hybridized carbons (Fsp3) is 0.667. The third-order valence-electron chi connectivity index (χ3n) is 3.54. The molecule has 1 aliphatic carbocycles. The van der Waals surface area contributed by atoms with Crippen molar-refractivity contribution >= 4 is 5.71 Å². The Kier molecular flexibility index (Phi) is 1.71. The fourth-order valence-electron chi connectivity index (χ4n) is 2.77. The van der Waals surface area contributed by atoms with Crippen molar-refractivity contribution in [3.05, 3.63) is 21.8 Å². The molecule has 1 aromatic rings. The van der Waals surface area contributed by atoms with E-state index in [1.54, 1.807) is 6.92 Å². The van der Waals surface area contributed by atoms with E-state index in [1.807, 2.05) is 0 Å². The summed E-state index contributed by atoms with van der Waals surface area (Å²) in [4.78, 5) is 0.290. The summed E-state index contributed by atoms with van der Waals surface area (Å²) < 4.78 is 5.23. The predicted octanol–water partition coefficient (Wildman–Crippen LogP) is -2.25. The van der Waals surface area contributed by atoms with Crippen LogP contribution in [0, 0.1) is 10.4 Å². The maximum absolute atomic E-state index is 12.0. The number of rotatable bonds is 0. The van der Waals surface area contributed by atoms with Gasteiger partial charge in [0.05, 0.1) is 6.92 Å². The van der Waals surface area contributed by atoms with E-state index in [9.17, 15) is 15.5 Å². The van der Waals surface area contributed by atoms with Crippen LogP contribution >= 0.6 is 0 Å². The maximum atomic E-state index is 12.0. The molecule has 1 aromatic heterocycles. The number of hydrogen-bond donors (Lipinski definition) is 2. The molecule has 0 spiro atoms. The number of hydrogen-bond acceptors (Lipinski definition) is 5. The number of quaternary nitrogens is 1. The van der Waals surface area contributed by atoms with E-state index in [4.69, 9.17) is 0 Å². The second kappa shape index (κ2) is 2.77. The van der Waals surface area contributed by atoms with Crippen molar-refractivity contribution in [2.45, 2.75) is 37.5 Å². The van der Waals surface area contributed by atoms with E-state index >= 15 is 0 Å². The highest BCUT2D eigenvalue weighted by Gasteiger charge is 2.64. The molecule has 2 heterocycles. The summed E-state index contributed by atoms with van der Waals surface area (Å²) in [5.41, 5.74) is 2.10. The molecule has 2 atom stereocenters.